The van der Waals surface area contributed by atoms with Gasteiger partial charge < -0.3 is 4.90 Å². The van der Waals surface area contributed by atoms with E-state index in [1.54, 1.807) is 0 Å². The number of hydrogen-bond acceptors (Lipinski definition) is 1. The molecule has 0 radical (unpaired) electrons. The van der Waals surface area contributed by atoms with Gasteiger partial charge in [0, 0.05) is 23.5 Å². The van der Waals surface area contributed by atoms with Crippen molar-refractivity contribution < 1.29 is 0 Å². The van der Waals surface area contributed by atoms with E-state index >= 15 is 0 Å². The van der Waals surface area contributed by atoms with Crippen LogP contribution in [0.5, 0.6) is 0 Å². The first-order valence-electron chi connectivity index (χ1n) is 10.5. The van der Waals surface area contributed by atoms with Crippen LogP contribution in [0.2, 0.25) is 0 Å². The lowest BCUT2D eigenvalue weighted by molar-refractivity contribution is 1.03. The smallest absolute Gasteiger partial charge is 0.0458 e. The van der Waals surface area contributed by atoms with E-state index in [1.165, 1.54) is 33.8 Å². The molecule has 0 saturated carbocycles. The minimum Gasteiger partial charge on any atom is -0.314 e. The molecule has 2 aromatic carbocycles. The van der Waals surface area contributed by atoms with Crippen LogP contribution in [0.3, 0.4) is 0 Å². The Labute approximate surface area is 177 Å². The Balaban J connectivity index is 0.00000145. The van der Waals surface area contributed by atoms with E-state index in [-0.39, 0.29) is 0 Å². The summed E-state index contributed by atoms with van der Waals surface area (Å²) < 4.78 is 0. The predicted octanol–water partition coefficient (Wildman–Crippen LogP) is 8.23. The topological polar surface area (TPSA) is 3.24 Å². The number of benzene rings is 2. The first kappa shape index (κ1) is 22.2. The van der Waals surface area contributed by atoms with Gasteiger partial charge in [-0.3, -0.25) is 0 Å². The highest BCUT2D eigenvalue weighted by molar-refractivity contribution is 5.76. The first-order valence-corrected chi connectivity index (χ1v) is 10.5. The van der Waals surface area contributed by atoms with Gasteiger partial charge in [0.25, 0.3) is 0 Å². The van der Waals surface area contributed by atoms with E-state index in [9.17, 15) is 0 Å². The predicted molar refractivity (Wildman–Crippen MR) is 130 cm³/mol. The molecular formula is C28H33N. The summed E-state index contributed by atoms with van der Waals surface area (Å²) in [5.41, 5.74) is 7.38. The molecule has 0 spiro atoms. The van der Waals surface area contributed by atoms with Gasteiger partial charge in [-0.2, -0.15) is 0 Å². The third-order valence-electron chi connectivity index (χ3n) is 4.66. The van der Waals surface area contributed by atoms with Crippen LogP contribution in [0.1, 0.15) is 45.2 Å². The van der Waals surface area contributed by atoms with Gasteiger partial charge in [-0.25, -0.2) is 0 Å². The Morgan fingerprint density at radius 3 is 2.21 bits per heavy atom. The van der Waals surface area contributed by atoms with E-state index in [2.05, 4.69) is 123 Å². The molecule has 0 bridgehead atoms. The molecule has 0 aromatic heterocycles. The third-order valence-corrected chi connectivity index (χ3v) is 4.66. The molecule has 1 aliphatic carbocycles. The molecule has 1 aliphatic rings. The average Bonchev–Trinajstić information content (AvgIpc) is 3.02. The van der Waals surface area contributed by atoms with Gasteiger partial charge in [0.05, 0.1) is 0 Å². The van der Waals surface area contributed by atoms with Gasteiger partial charge in [-0.15, -0.1) is 0 Å². The molecule has 150 valence electrons. The Morgan fingerprint density at radius 2 is 1.59 bits per heavy atom. The summed E-state index contributed by atoms with van der Waals surface area (Å²) in [4.78, 5) is 2.33. The van der Waals surface area contributed by atoms with Crippen molar-refractivity contribution in [2.45, 2.75) is 41.0 Å². The fourth-order valence-corrected chi connectivity index (χ4v) is 3.25. The van der Waals surface area contributed by atoms with E-state index in [4.69, 9.17) is 0 Å². The number of para-hydroxylation sites is 1. The number of aryl methyl sites for hydroxylation is 1. The number of nitrogens with zero attached hydrogens (tertiary/aromatic N) is 1. The Morgan fingerprint density at radius 1 is 0.897 bits per heavy atom. The van der Waals surface area contributed by atoms with Crippen LogP contribution >= 0.6 is 0 Å². The van der Waals surface area contributed by atoms with E-state index in [1.807, 2.05) is 13.8 Å². The van der Waals surface area contributed by atoms with E-state index in [0.717, 1.165) is 6.42 Å². The lowest BCUT2D eigenvalue weighted by Gasteiger charge is -2.28. The Bertz CT molecular complexity index is 907. The molecule has 2 aromatic rings. The molecule has 0 aliphatic heterocycles. The average molecular weight is 384 g/mol. The van der Waals surface area contributed by atoms with Crippen LogP contribution in [0.25, 0.3) is 5.57 Å². The Hall–Kier alpha value is -3.06. The molecule has 0 atom stereocenters. The molecule has 3 rings (SSSR count). The SMILES string of the molecule is C/C=C\C(=C/C)N(C1=CC=C(c2ccc(C)cc2)C=CC1)c1ccccc1.CC. The lowest BCUT2D eigenvalue weighted by atomic mass is 10.0. The van der Waals surface area contributed by atoms with Crippen molar-refractivity contribution in [2.24, 2.45) is 0 Å². The maximum atomic E-state index is 2.33. The summed E-state index contributed by atoms with van der Waals surface area (Å²) in [7, 11) is 0. The van der Waals surface area contributed by atoms with Crippen LogP contribution in [-0.4, -0.2) is 0 Å². The Kier molecular flexibility index (Phi) is 8.98. The summed E-state index contributed by atoms with van der Waals surface area (Å²) in [5, 5.41) is 0. The number of hydrogen-bond donors (Lipinski definition) is 0. The van der Waals surface area contributed by atoms with E-state index < -0.39 is 0 Å². The first-order chi connectivity index (χ1) is 14.2. The van der Waals surface area contributed by atoms with Crippen LogP contribution in [0.15, 0.2) is 109 Å². The maximum absolute atomic E-state index is 2.33. The fourth-order valence-electron chi connectivity index (χ4n) is 3.25. The standard InChI is InChI=1S/C26H27N.C2H6/c1-4-10-24(5-2)27(25-12-7-6-8-13-25)26-14-9-11-22(19-20-26)23-17-15-21(3)16-18-23;1-2/h4-13,15-20H,14H2,1-3H3;1-2H3/b10-4-,24-5+;. The van der Waals surface area contributed by atoms with Crippen molar-refractivity contribution in [2.75, 3.05) is 4.90 Å². The molecule has 0 N–H and O–H groups in total. The minimum atomic E-state index is 0.885. The van der Waals surface area contributed by atoms with Crippen LogP contribution in [0, 0.1) is 6.92 Å². The van der Waals surface area contributed by atoms with Crippen molar-refractivity contribution in [1.29, 1.82) is 0 Å². The van der Waals surface area contributed by atoms with Crippen molar-refractivity contribution in [3.8, 4) is 0 Å². The van der Waals surface area contributed by atoms with Crippen LogP contribution in [-0.2, 0) is 0 Å². The highest BCUT2D eigenvalue weighted by Gasteiger charge is 2.15. The van der Waals surface area contributed by atoms with Gasteiger partial charge in [0.1, 0.15) is 0 Å². The number of anilines is 1. The van der Waals surface area contributed by atoms with E-state index in [0.29, 0.717) is 0 Å². The molecule has 29 heavy (non-hydrogen) atoms. The van der Waals surface area contributed by atoms with Crippen LogP contribution in [0.4, 0.5) is 5.69 Å². The molecule has 0 amide bonds. The van der Waals surface area contributed by atoms with Crippen LogP contribution < -0.4 is 4.90 Å². The molecule has 0 saturated heterocycles. The monoisotopic (exact) mass is 383 g/mol. The lowest BCUT2D eigenvalue weighted by Crippen LogP contribution is -2.20. The summed E-state index contributed by atoms with van der Waals surface area (Å²) in [6.07, 6.45) is 16.2. The second-order valence-electron chi connectivity index (χ2n) is 6.64. The van der Waals surface area contributed by atoms with Gasteiger partial charge in [-0.1, -0.05) is 92.3 Å². The molecule has 1 nitrogen and oxygen atoms in total. The molecular weight excluding hydrogens is 350 g/mol. The number of allylic oxidation sites excluding steroid dienone is 8. The van der Waals surface area contributed by atoms with Gasteiger partial charge in [0.15, 0.2) is 0 Å². The molecule has 0 unspecified atom stereocenters. The molecule has 0 heterocycles. The fraction of sp³-hybridized carbons (Fsp3) is 0.214. The van der Waals surface area contributed by atoms with Gasteiger partial charge >= 0.3 is 0 Å². The molecule has 0 fully saturated rings. The second kappa shape index (κ2) is 11.7. The largest absolute Gasteiger partial charge is 0.314 e. The minimum absolute atomic E-state index is 0.885. The quantitative estimate of drug-likeness (QED) is 0.470. The summed E-state index contributed by atoms with van der Waals surface area (Å²) >= 11 is 0. The third kappa shape index (κ3) is 5.96. The highest BCUT2D eigenvalue weighted by atomic mass is 15.2. The highest BCUT2D eigenvalue weighted by Crippen LogP contribution is 2.29. The summed E-state index contributed by atoms with van der Waals surface area (Å²) in [6, 6.07) is 19.3. The zero-order chi connectivity index (χ0) is 21.1. The van der Waals surface area contributed by atoms with Gasteiger partial charge in [-0.05, 0) is 56.2 Å². The van der Waals surface area contributed by atoms with Gasteiger partial charge in [0.2, 0.25) is 0 Å². The summed E-state index contributed by atoms with van der Waals surface area (Å²) in [6.45, 7) is 10.3. The second-order valence-corrected chi connectivity index (χ2v) is 6.64. The van der Waals surface area contributed by atoms with Crippen molar-refractivity contribution in [3.05, 3.63) is 120 Å². The zero-order valence-corrected chi connectivity index (χ0v) is 18.4. The summed E-state index contributed by atoms with van der Waals surface area (Å²) in [5.74, 6) is 0. The van der Waals surface area contributed by atoms with Crippen molar-refractivity contribution in [3.63, 3.8) is 0 Å². The van der Waals surface area contributed by atoms with Crippen molar-refractivity contribution in [1.82, 2.24) is 0 Å². The molecule has 1 heteroatoms. The van der Waals surface area contributed by atoms with Crippen molar-refractivity contribution >= 4 is 11.3 Å². The normalized spacial score (nSPS) is 13.9. The maximum Gasteiger partial charge on any atom is 0.0458 e. The zero-order valence-electron chi connectivity index (χ0n) is 18.4. The number of rotatable bonds is 5.